The van der Waals surface area contributed by atoms with Crippen molar-refractivity contribution in [3.05, 3.63) is 0 Å². The standard InChI is InChI=1S/C13H25N2/c1-2-4-6-8-10-15-12-11-14(13-15)9-7-5-3-1/h13H,1-12H2/q+1. The summed E-state index contributed by atoms with van der Waals surface area (Å²) in [4.78, 5) is 2.51. The van der Waals surface area contributed by atoms with Crippen molar-refractivity contribution in [2.24, 2.45) is 0 Å². The van der Waals surface area contributed by atoms with Crippen LogP contribution in [0.1, 0.15) is 51.4 Å². The van der Waals surface area contributed by atoms with Gasteiger partial charge < -0.3 is 0 Å². The molecule has 0 spiro atoms. The normalized spacial score (nSPS) is 25.1. The van der Waals surface area contributed by atoms with E-state index in [1.54, 1.807) is 0 Å². The zero-order valence-electron chi connectivity index (χ0n) is 9.96. The molecule has 0 saturated heterocycles. The van der Waals surface area contributed by atoms with Gasteiger partial charge in [-0.2, -0.15) is 0 Å². The van der Waals surface area contributed by atoms with Crippen LogP contribution in [0.5, 0.6) is 0 Å². The molecule has 2 heterocycles. The lowest BCUT2D eigenvalue weighted by Crippen LogP contribution is -2.20. The second kappa shape index (κ2) is 6.14. The summed E-state index contributed by atoms with van der Waals surface area (Å²) in [5.74, 6) is 0. The van der Waals surface area contributed by atoms with Gasteiger partial charge in [0.15, 0.2) is 0 Å². The molecule has 2 rings (SSSR count). The van der Waals surface area contributed by atoms with Crippen molar-refractivity contribution in [1.82, 2.24) is 4.90 Å². The van der Waals surface area contributed by atoms with Gasteiger partial charge in [-0.05, 0) is 25.7 Å². The van der Waals surface area contributed by atoms with E-state index >= 15 is 0 Å². The van der Waals surface area contributed by atoms with Gasteiger partial charge in [-0.3, -0.25) is 9.48 Å². The predicted molar refractivity (Wildman–Crippen MR) is 64.6 cm³/mol. The molecule has 0 amide bonds. The van der Waals surface area contributed by atoms with Crippen LogP contribution in [0.15, 0.2) is 0 Å². The SMILES string of the molecule is C1=[N+]2CCCCCCCCCCN1CC2. The zero-order chi connectivity index (χ0) is 10.3. The minimum absolute atomic E-state index is 1.26. The summed E-state index contributed by atoms with van der Waals surface area (Å²) in [6, 6.07) is 0. The molecule has 0 unspecified atom stereocenters. The summed E-state index contributed by atoms with van der Waals surface area (Å²) in [6.45, 7) is 5.10. The minimum Gasteiger partial charge on any atom is -0.264 e. The zero-order valence-corrected chi connectivity index (χ0v) is 9.96. The van der Waals surface area contributed by atoms with Crippen LogP contribution in [0.25, 0.3) is 0 Å². The fraction of sp³-hybridized carbons (Fsp3) is 0.923. The molecule has 0 radical (unpaired) electrons. The van der Waals surface area contributed by atoms with Gasteiger partial charge in [-0.1, -0.05) is 25.7 Å². The molecule has 0 saturated carbocycles. The first-order chi connectivity index (χ1) is 7.45. The van der Waals surface area contributed by atoms with Gasteiger partial charge in [0.25, 0.3) is 0 Å². The van der Waals surface area contributed by atoms with Crippen LogP contribution in [0.3, 0.4) is 0 Å². The first kappa shape index (κ1) is 11.0. The van der Waals surface area contributed by atoms with E-state index in [0.29, 0.717) is 0 Å². The van der Waals surface area contributed by atoms with Gasteiger partial charge in [0.1, 0.15) is 13.1 Å². The van der Waals surface area contributed by atoms with Gasteiger partial charge in [0.05, 0.1) is 13.1 Å². The molecular weight excluding hydrogens is 184 g/mol. The number of hydrogen-bond donors (Lipinski definition) is 0. The first-order valence-electron chi connectivity index (χ1n) is 6.78. The van der Waals surface area contributed by atoms with Crippen LogP contribution in [0.4, 0.5) is 0 Å². The highest BCUT2D eigenvalue weighted by atomic mass is 15.3. The molecule has 15 heavy (non-hydrogen) atoms. The average Bonchev–Trinajstić information content (AvgIpc) is 2.69. The Kier molecular flexibility index (Phi) is 4.49. The second-order valence-electron chi connectivity index (χ2n) is 5.02. The molecule has 2 aliphatic heterocycles. The largest absolute Gasteiger partial charge is 0.264 e. The molecular formula is C13H25N2+. The Hall–Kier alpha value is -0.530. The highest BCUT2D eigenvalue weighted by molar-refractivity contribution is 5.50. The van der Waals surface area contributed by atoms with Crippen LogP contribution in [0, 0.1) is 0 Å². The maximum atomic E-state index is 2.51. The maximum Gasteiger partial charge on any atom is 0.234 e. The van der Waals surface area contributed by atoms with Crippen molar-refractivity contribution >= 4 is 6.34 Å². The van der Waals surface area contributed by atoms with E-state index in [1.165, 1.54) is 77.5 Å². The molecule has 0 aromatic carbocycles. The smallest absolute Gasteiger partial charge is 0.234 e. The quantitative estimate of drug-likeness (QED) is 0.556. The summed E-state index contributed by atoms with van der Waals surface area (Å²) in [7, 11) is 0. The third kappa shape index (κ3) is 3.84. The van der Waals surface area contributed by atoms with Crippen molar-refractivity contribution in [2.45, 2.75) is 51.4 Å². The van der Waals surface area contributed by atoms with E-state index < -0.39 is 0 Å². The van der Waals surface area contributed by atoms with Gasteiger partial charge in [0.2, 0.25) is 6.34 Å². The summed E-state index contributed by atoms with van der Waals surface area (Å²) < 4.78 is 2.51. The predicted octanol–water partition coefficient (Wildman–Crippen LogP) is 2.48. The van der Waals surface area contributed by atoms with E-state index in [1.807, 2.05) is 0 Å². The molecule has 2 aliphatic rings. The molecule has 0 atom stereocenters. The van der Waals surface area contributed by atoms with E-state index in [4.69, 9.17) is 0 Å². The van der Waals surface area contributed by atoms with Gasteiger partial charge in [-0.15, -0.1) is 0 Å². The van der Waals surface area contributed by atoms with Crippen LogP contribution < -0.4 is 0 Å². The highest BCUT2D eigenvalue weighted by Crippen LogP contribution is 2.10. The average molecular weight is 209 g/mol. The number of rotatable bonds is 0. The Morgan fingerprint density at radius 3 is 2.13 bits per heavy atom. The minimum atomic E-state index is 1.26. The summed E-state index contributed by atoms with van der Waals surface area (Å²) >= 11 is 0. The van der Waals surface area contributed by atoms with E-state index in [0.717, 1.165) is 0 Å². The van der Waals surface area contributed by atoms with Crippen LogP contribution >= 0.6 is 0 Å². The van der Waals surface area contributed by atoms with Gasteiger partial charge in [0, 0.05) is 0 Å². The third-order valence-corrected chi connectivity index (χ3v) is 3.64. The monoisotopic (exact) mass is 209 g/mol. The molecule has 2 nitrogen and oxygen atoms in total. The second-order valence-corrected chi connectivity index (χ2v) is 5.02. The summed E-state index contributed by atoms with van der Waals surface area (Å²) in [5.41, 5.74) is 0. The van der Waals surface area contributed by atoms with Crippen molar-refractivity contribution < 1.29 is 4.58 Å². The van der Waals surface area contributed by atoms with Crippen molar-refractivity contribution in [3.63, 3.8) is 0 Å². The Morgan fingerprint density at radius 2 is 1.33 bits per heavy atom. The van der Waals surface area contributed by atoms with Crippen molar-refractivity contribution in [1.29, 1.82) is 0 Å². The first-order valence-corrected chi connectivity index (χ1v) is 6.78. The lowest BCUT2D eigenvalue weighted by atomic mass is 10.1. The van der Waals surface area contributed by atoms with Crippen LogP contribution in [-0.2, 0) is 0 Å². The lowest BCUT2D eigenvalue weighted by Gasteiger charge is -2.06. The van der Waals surface area contributed by atoms with Crippen LogP contribution in [0.2, 0.25) is 0 Å². The highest BCUT2D eigenvalue weighted by Gasteiger charge is 2.17. The fourth-order valence-electron chi connectivity index (χ4n) is 2.63. The Bertz CT molecular complexity index is 211. The fourth-order valence-corrected chi connectivity index (χ4v) is 2.63. The molecule has 0 aromatic heterocycles. The van der Waals surface area contributed by atoms with Crippen molar-refractivity contribution in [2.75, 3.05) is 26.2 Å². The molecule has 0 aliphatic carbocycles. The summed E-state index contributed by atoms with van der Waals surface area (Å²) in [6.07, 6.45) is 13.9. The van der Waals surface area contributed by atoms with E-state index in [9.17, 15) is 0 Å². The van der Waals surface area contributed by atoms with Crippen LogP contribution in [-0.4, -0.2) is 42.0 Å². The third-order valence-electron chi connectivity index (χ3n) is 3.64. The van der Waals surface area contributed by atoms with Gasteiger partial charge in [-0.25, -0.2) is 0 Å². The number of hydrogen-bond acceptors (Lipinski definition) is 1. The molecule has 2 bridgehead atoms. The Balaban J connectivity index is 1.79. The molecule has 2 heteroatoms. The molecule has 0 aromatic rings. The number of nitrogens with zero attached hydrogens (tertiary/aromatic N) is 2. The Labute approximate surface area is 94.0 Å². The Morgan fingerprint density at radius 1 is 0.667 bits per heavy atom. The molecule has 86 valence electrons. The molecule has 0 N–H and O–H groups in total. The number of fused-ring (bicyclic) bond motifs is 1. The summed E-state index contributed by atoms with van der Waals surface area (Å²) in [5, 5.41) is 0. The maximum absolute atomic E-state index is 2.51. The van der Waals surface area contributed by atoms with Gasteiger partial charge >= 0.3 is 0 Å². The van der Waals surface area contributed by atoms with Crippen molar-refractivity contribution in [3.8, 4) is 0 Å². The lowest BCUT2D eigenvalue weighted by molar-refractivity contribution is -0.514. The molecule has 0 fully saturated rings. The van der Waals surface area contributed by atoms with E-state index in [2.05, 4.69) is 15.8 Å². The topological polar surface area (TPSA) is 6.25 Å². The van der Waals surface area contributed by atoms with E-state index in [-0.39, 0.29) is 0 Å².